The summed E-state index contributed by atoms with van der Waals surface area (Å²) in [6, 6.07) is 0. The van der Waals surface area contributed by atoms with Crippen molar-refractivity contribution in [3.8, 4) is 0 Å². The monoisotopic (exact) mass is 170 g/mol. The summed E-state index contributed by atoms with van der Waals surface area (Å²) in [4.78, 5) is 0. The van der Waals surface area contributed by atoms with E-state index in [1.807, 2.05) is 0 Å². The second-order valence-corrected chi connectivity index (χ2v) is 4.79. The van der Waals surface area contributed by atoms with Crippen LogP contribution in [0, 0.1) is 5.41 Å². The Hall–Kier alpha value is -0.0800. The number of aliphatic hydroxyl groups is 1. The third-order valence-corrected chi connectivity index (χ3v) is 3.77. The third kappa shape index (κ3) is 1.17. The maximum absolute atomic E-state index is 9.56. The Morgan fingerprint density at radius 1 is 1.33 bits per heavy atom. The largest absolute Gasteiger partial charge is 0.393 e. The smallest absolute Gasteiger partial charge is 0.0732 e. The van der Waals surface area contributed by atoms with E-state index in [0.717, 1.165) is 19.4 Å². The van der Waals surface area contributed by atoms with Crippen molar-refractivity contribution in [2.75, 3.05) is 6.61 Å². The minimum atomic E-state index is -0.138. The average molecular weight is 170 g/mol. The van der Waals surface area contributed by atoms with Crippen LogP contribution < -0.4 is 0 Å². The van der Waals surface area contributed by atoms with Crippen molar-refractivity contribution in [3.05, 3.63) is 0 Å². The Morgan fingerprint density at radius 3 is 2.50 bits per heavy atom. The van der Waals surface area contributed by atoms with Gasteiger partial charge in [-0.2, -0.15) is 0 Å². The Kier molecular flexibility index (Phi) is 1.74. The van der Waals surface area contributed by atoms with Crippen LogP contribution in [-0.4, -0.2) is 23.4 Å². The number of ether oxygens (including phenoxy) is 1. The fourth-order valence-corrected chi connectivity index (χ4v) is 2.17. The van der Waals surface area contributed by atoms with Gasteiger partial charge in [0.25, 0.3) is 0 Å². The molecule has 0 aromatic carbocycles. The lowest BCUT2D eigenvalue weighted by atomic mass is 9.80. The highest BCUT2D eigenvalue weighted by Crippen LogP contribution is 2.57. The van der Waals surface area contributed by atoms with Crippen LogP contribution in [0.4, 0.5) is 0 Å². The van der Waals surface area contributed by atoms with E-state index in [9.17, 15) is 5.11 Å². The molecule has 12 heavy (non-hydrogen) atoms. The van der Waals surface area contributed by atoms with Gasteiger partial charge in [-0.1, -0.05) is 6.92 Å². The third-order valence-electron chi connectivity index (χ3n) is 3.77. The number of hydrogen-bond donors (Lipinski definition) is 1. The lowest BCUT2D eigenvalue weighted by molar-refractivity contribution is -0.142. The summed E-state index contributed by atoms with van der Waals surface area (Å²) >= 11 is 0. The van der Waals surface area contributed by atoms with E-state index >= 15 is 0 Å². The lowest BCUT2D eigenvalue weighted by Crippen LogP contribution is -2.45. The maximum Gasteiger partial charge on any atom is 0.0732 e. The van der Waals surface area contributed by atoms with Crippen LogP contribution in [-0.2, 0) is 4.74 Å². The minimum absolute atomic E-state index is 0.0509. The van der Waals surface area contributed by atoms with Gasteiger partial charge in [-0.25, -0.2) is 0 Å². The molecule has 0 radical (unpaired) electrons. The molecule has 2 fully saturated rings. The van der Waals surface area contributed by atoms with E-state index in [4.69, 9.17) is 4.74 Å². The average Bonchev–Trinajstić information content (AvgIpc) is 2.69. The van der Waals surface area contributed by atoms with Crippen molar-refractivity contribution in [2.24, 2.45) is 5.41 Å². The zero-order valence-corrected chi connectivity index (χ0v) is 7.97. The number of aliphatic hydroxyl groups excluding tert-OH is 1. The molecule has 0 aromatic heterocycles. The van der Waals surface area contributed by atoms with Crippen LogP contribution in [0.25, 0.3) is 0 Å². The molecule has 0 aromatic rings. The van der Waals surface area contributed by atoms with Gasteiger partial charge in [-0.15, -0.1) is 0 Å². The van der Waals surface area contributed by atoms with Gasteiger partial charge in [0.15, 0.2) is 0 Å². The molecule has 1 N–H and O–H groups in total. The molecular formula is C10H18O2. The lowest BCUT2D eigenvalue weighted by Gasteiger charge is -2.41. The standard InChI is InChI=1S/C10H18O2/c1-9(4-5-9)10(2)7-8(11)3-6-12-10/h8,11H,3-7H2,1-2H3. The molecule has 2 heteroatoms. The van der Waals surface area contributed by atoms with Crippen molar-refractivity contribution >= 4 is 0 Å². The van der Waals surface area contributed by atoms with E-state index in [1.165, 1.54) is 12.8 Å². The molecule has 2 aliphatic rings. The SMILES string of the molecule is CC1(C2(C)CC(O)CCO2)CC1. The van der Waals surface area contributed by atoms with Gasteiger partial charge < -0.3 is 9.84 Å². The summed E-state index contributed by atoms with van der Waals surface area (Å²) in [6.45, 7) is 5.15. The topological polar surface area (TPSA) is 29.5 Å². The Bertz CT molecular complexity index is 186. The molecule has 2 rings (SSSR count). The maximum atomic E-state index is 9.56. The Labute approximate surface area is 73.9 Å². The molecule has 2 unspecified atom stereocenters. The summed E-state index contributed by atoms with van der Waals surface area (Å²) in [5, 5.41) is 9.56. The van der Waals surface area contributed by atoms with Crippen molar-refractivity contribution in [2.45, 2.75) is 51.2 Å². The molecule has 1 saturated heterocycles. The quantitative estimate of drug-likeness (QED) is 0.649. The zero-order chi connectivity index (χ0) is 8.82. The van der Waals surface area contributed by atoms with Gasteiger partial charge in [-0.05, 0) is 31.6 Å². The minimum Gasteiger partial charge on any atom is -0.393 e. The van der Waals surface area contributed by atoms with E-state index in [0.29, 0.717) is 5.41 Å². The molecule has 0 bridgehead atoms. The van der Waals surface area contributed by atoms with E-state index < -0.39 is 0 Å². The second kappa shape index (κ2) is 2.46. The van der Waals surface area contributed by atoms with E-state index in [-0.39, 0.29) is 11.7 Å². The van der Waals surface area contributed by atoms with Gasteiger partial charge in [0.05, 0.1) is 11.7 Å². The summed E-state index contributed by atoms with van der Waals surface area (Å²) in [5.74, 6) is 0. The molecule has 0 amide bonds. The normalized spacial score (nSPS) is 45.8. The molecule has 1 aliphatic heterocycles. The van der Waals surface area contributed by atoms with Crippen molar-refractivity contribution in [1.82, 2.24) is 0 Å². The molecule has 2 nitrogen and oxygen atoms in total. The van der Waals surface area contributed by atoms with Crippen molar-refractivity contribution < 1.29 is 9.84 Å². The fourth-order valence-electron chi connectivity index (χ4n) is 2.17. The molecule has 1 aliphatic carbocycles. The highest BCUT2D eigenvalue weighted by atomic mass is 16.5. The van der Waals surface area contributed by atoms with Crippen LogP contribution in [0.5, 0.6) is 0 Å². The van der Waals surface area contributed by atoms with Crippen LogP contribution in [0.3, 0.4) is 0 Å². The van der Waals surface area contributed by atoms with Crippen molar-refractivity contribution in [1.29, 1.82) is 0 Å². The van der Waals surface area contributed by atoms with Gasteiger partial charge in [-0.3, -0.25) is 0 Å². The van der Waals surface area contributed by atoms with Crippen LogP contribution >= 0.6 is 0 Å². The Morgan fingerprint density at radius 2 is 2.00 bits per heavy atom. The molecular weight excluding hydrogens is 152 g/mol. The molecule has 2 atom stereocenters. The first-order chi connectivity index (χ1) is 5.56. The summed E-state index contributed by atoms with van der Waals surface area (Å²) in [5.41, 5.74) is 0.305. The molecule has 0 spiro atoms. The van der Waals surface area contributed by atoms with Gasteiger partial charge in [0.2, 0.25) is 0 Å². The van der Waals surface area contributed by atoms with Crippen LogP contribution in [0.2, 0.25) is 0 Å². The number of hydrogen-bond acceptors (Lipinski definition) is 2. The van der Waals surface area contributed by atoms with Gasteiger partial charge >= 0.3 is 0 Å². The Balaban J connectivity index is 2.08. The summed E-state index contributed by atoms with van der Waals surface area (Å²) in [7, 11) is 0. The van der Waals surface area contributed by atoms with Gasteiger partial charge in [0, 0.05) is 13.0 Å². The first-order valence-electron chi connectivity index (χ1n) is 4.88. The van der Waals surface area contributed by atoms with Crippen molar-refractivity contribution in [3.63, 3.8) is 0 Å². The predicted octanol–water partition coefficient (Wildman–Crippen LogP) is 1.72. The first-order valence-corrected chi connectivity index (χ1v) is 4.88. The zero-order valence-electron chi connectivity index (χ0n) is 7.97. The number of rotatable bonds is 1. The highest BCUT2D eigenvalue weighted by Gasteiger charge is 2.55. The molecule has 70 valence electrons. The molecule has 1 heterocycles. The summed E-state index contributed by atoms with van der Waals surface area (Å²) < 4.78 is 5.80. The summed E-state index contributed by atoms with van der Waals surface area (Å²) in [6.07, 6.45) is 4.02. The highest BCUT2D eigenvalue weighted by molar-refractivity contribution is 5.06. The predicted molar refractivity (Wildman–Crippen MR) is 46.9 cm³/mol. The van der Waals surface area contributed by atoms with E-state index in [1.54, 1.807) is 0 Å². The second-order valence-electron chi connectivity index (χ2n) is 4.79. The fraction of sp³-hybridized carbons (Fsp3) is 1.00. The van der Waals surface area contributed by atoms with Crippen LogP contribution in [0.1, 0.15) is 39.5 Å². The van der Waals surface area contributed by atoms with Crippen LogP contribution in [0.15, 0.2) is 0 Å². The first kappa shape index (κ1) is 8.52. The van der Waals surface area contributed by atoms with Gasteiger partial charge in [0.1, 0.15) is 0 Å². The molecule has 1 saturated carbocycles. The van der Waals surface area contributed by atoms with E-state index in [2.05, 4.69) is 13.8 Å².